The van der Waals surface area contributed by atoms with Gasteiger partial charge < -0.3 is 49.7 Å². The number of hydrogen-bond acceptors (Lipinski definition) is 8. The summed E-state index contributed by atoms with van der Waals surface area (Å²) in [5.41, 5.74) is 26.6. The fraction of sp³-hybridized carbons (Fsp3) is 0.650. The molecular formula is C20H37N9O7. The van der Waals surface area contributed by atoms with Crippen molar-refractivity contribution in [3.05, 3.63) is 0 Å². The molecule has 36 heavy (non-hydrogen) atoms. The Morgan fingerprint density at radius 1 is 0.806 bits per heavy atom. The zero-order valence-electron chi connectivity index (χ0n) is 20.4. The van der Waals surface area contributed by atoms with E-state index in [1.54, 1.807) is 13.8 Å². The van der Waals surface area contributed by atoms with E-state index in [9.17, 15) is 33.9 Å². The van der Waals surface area contributed by atoms with Gasteiger partial charge in [0.15, 0.2) is 5.96 Å². The topological polar surface area (TPSA) is 301 Å². The van der Waals surface area contributed by atoms with E-state index in [1.165, 1.54) is 0 Å². The van der Waals surface area contributed by atoms with Crippen LogP contribution in [-0.4, -0.2) is 77.3 Å². The van der Waals surface area contributed by atoms with Gasteiger partial charge in [-0.25, -0.2) is 4.79 Å². The summed E-state index contributed by atoms with van der Waals surface area (Å²) >= 11 is 0. The van der Waals surface area contributed by atoms with Gasteiger partial charge >= 0.3 is 5.97 Å². The van der Waals surface area contributed by atoms with Gasteiger partial charge in [-0.05, 0) is 25.2 Å². The fourth-order valence-electron chi connectivity index (χ4n) is 2.93. The van der Waals surface area contributed by atoms with Crippen LogP contribution in [0.25, 0.3) is 0 Å². The molecule has 0 fully saturated rings. The number of carboxylic acid groups (broad SMARTS) is 1. The van der Waals surface area contributed by atoms with Crippen LogP contribution in [0.4, 0.5) is 0 Å². The third kappa shape index (κ3) is 13.1. The first-order valence-corrected chi connectivity index (χ1v) is 11.2. The third-order valence-corrected chi connectivity index (χ3v) is 4.89. The Morgan fingerprint density at radius 3 is 1.83 bits per heavy atom. The Balaban J connectivity index is 5.48. The molecule has 204 valence electrons. The van der Waals surface area contributed by atoms with E-state index >= 15 is 0 Å². The van der Waals surface area contributed by atoms with Crippen molar-refractivity contribution in [3.63, 3.8) is 0 Å². The summed E-state index contributed by atoms with van der Waals surface area (Å²) in [6, 6.07) is -5.24. The summed E-state index contributed by atoms with van der Waals surface area (Å²) in [7, 11) is 0. The molecule has 16 heteroatoms. The molecule has 0 aromatic carbocycles. The molecule has 0 aliphatic carbocycles. The normalized spacial score (nSPS) is 14.0. The molecule has 0 aromatic rings. The van der Waals surface area contributed by atoms with E-state index < -0.39 is 72.0 Å². The number of carbonyl (C=O) groups excluding carboxylic acids is 5. The molecular weight excluding hydrogens is 478 g/mol. The van der Waals surface area contributed by atoms with Crippen molar-refractivity contribution in [2.75, 3.05) is 6.54 Å². The van der Waals surface area contributed by atoms with E-state index in [1.807, 2.05) is 0 Å². The van der Waals surface area contributed by atoms with Crippen LogP contribution in [0.3, 0.4) is 0 Å². The highest BCUT2D eigenvalue weighted by molar-refractivity contribution is 5.96. The average Bonchev–Trinajstić information content (AvgIpc) is 2.75. The molecule has 0 rings (SSSR count). The van der Waals surface area contributed by atoms with Crippen molar-refractivity contribution in [3.8, 4) is 0 Å². The first-order chi connectivity index (χ1) is 16.6. The number of carbonyl (C=O) groups is 6. The molecule has 0 aliphatic rings. The second-order valence-electron chi connectivity index (χ2n) is 8.42. The number of nitrogens with zero attached hydrogens (tertiary/aromatic N) is 1. The SMILES string of the molecule is CC(C)C(NC(=O)C(CCC(N)=O)NC(=O)C(CC(N)=O)NC(=O)C(N)CCCN=C(N)N)C(=O)O. The summed E-state index contributed by atoms with van der Waals surface area (Å²) in [5.74, 6) is -6.26. The lowest BCUT2D eigenvalue weighted by Crippen LogP contribution is -2.58. The zero-order valence-corrected chi connectivity index (χ0v) is 20.4. The minimum absolute atomic E-state index is 0.121. The maximum Gasteiger partial charge on any atom is 0.326 e. The molecule has 4 unspecified atom stereocenters. The standard InChI is InChI=1S/C20H37N9O7/c1-9(2)15(19(35)36)29-17(33)11(5-6-13(22)30)27-18(34)12(8-14(23)31)28-16(32)10(21)4-3-7-26-20(24)25/h9-12,15H,3-8,21H2,1-2H3,(H2,22,30)(H2,23,31)(H,27,34)(H,28,32)(H,29,33)(H,35,36)(H4,24,25,26). The van der Waals surface area contributed by atoms with Crippen LogP contribution in [0.15, 0.2) is 4.99 Å². The number of rotatable bonds is 17. The van der Waals surface area contributed by atoms with Crippen LogP contribution in [-0.2, 0) is 28.8 Å². The summed E-state index contributed by atoms with van der Waals surface area (Å²) in [5, 5.41) is 16.2. The fourth-order valence-corrected chi connectivity index (χ4v) is 2.93. The minimum atomic E-state index is -1.50. The monoisotopic (exact) mass is 515 g/mol. The second kappa shape index (κ2) is 15.9. The summed E-state index contributed by atoms with van der Waals surface area (Å²) < 4.78 is 0. The Kier molecular flexibility index (Phi) is 14.1. The number of primary amides is 2. The van der Waals surface area contributed by atoms with Gasteiger partial charge in [-0.1, -0.05) is 13.8 Å². The van der Waals surface area contributed by atoms with Crippen LogP contribution in [0.5, 0.6) is 0 Å². The Labute approximate surface area is 208 Å². The highest BCUT2D eigenvalue weighted by atomic mass is 16.4. The van der Waals surface area contributed by atoms with Gasteiger partial charge in [0.25, 0.3) is 0 Å². The number of guanidine groups is 1. The van der Waals surface area contributed by atoms with Crippen LogP contribution in [0, 0.1) is 5.92 Å². The zero-order chi connectivity index (χ0) is 28.0. The van der Waals surface area contributed by atoms with E-state index in [0.29, 0.717) is 6.42 Å². The molecule has 0 spiro atoms. The predicted octanol–water partition coefficient (Wildman–Crippen LogP) is -4.30. The van der Waals surface area contributed by atoms with Crippen molar-refractivity contribution in [2.45, 2.75) is 70.1 Å². The van der Waals surface area contributed by atoms with Crippen molar-refractivity contribution in [1.82, 2.24) is 16.0 Å². The summed E-state index contributed by atoms with van der Waals surface area (Å²) in [4.78, 5) is 75.9. The highest BCUT2D eigenvalue weighted by Crippen LogP contribution is 2.06. The quantitative estimate of drug-likeness (QED) is 0.0509. The predicted molar refractivity (Wildman–Crippen MR) is 128 cm³/mol. The maximum absolute atomic E-state index is 12.9. The number of carboxylic acids is 1. The molecule has 0 bridgehead atoms. The average molecular weight is 516 g/mol. The van der Waals surface area contributed by atoms with Gasteiger partial charge in [0.2, 0.25) is 29.5 Å². The van der Waals surface area contributed by atoms with Crippen LogP contribution < -0.4 is 44.6 Å². The van der Waals surface area contributed by atoms with Crippen molar-refractivity contribution < 1.29 is 33.9 Å². The van der Waals surface area contributed by atoms with Gasteiger partial charge in [0, 0.05) is 13.0 Å². The minimum Gasteiger partial charge on any atom is -0.480 e. The van der Waals surface area contributed by atoms with Crippen molar-refractivity contribution in [1.29, 1.82) is 0 Å². The second-order valence-corrected chi connectivity index (χ2v) is 8.42. The third-order valence-electron chi connectivity index (χ3n) is 4.89. The molecule has 5 amide bonds. The number of nitrogens with one attached hydrogen (secondary N) is 3. The first-order valence-electron chi connectivity index (χ1n) is 11.2. The number of hydrogen-bond donors (Lipinski definition) is 9. The molecule has 0 saturated heterocycles. The van der Waals surface area contributed by atoms with E-state index in [4.69, 9.17) is 28.7 Å². The van der Waals surface area contributed by atoms with E-state index in [2.05, 4.69) is 20.9 Å². The number of amides is 5. The lowest BCUT2D eigenvalue weighted by atomic mass is 10.0. The smallest absolute Gasteiger partial charge is 0.326 e. The lowest BCUT2D eigenvalue weighted by molar-refractivity contribution is -0.143. The van der Waals surface area contributed by atoms with Gasteiger partial charge in [-0.3, -0.25) is 29.0 Å². The Bertz CT molecular complexity index is 843. The van der Waals surface area contributed by atoms with E-state index in [-0.39, 0.29) is 31.8 Å². The van der Waals surface area contributed by atoms with Gasteiger partial charge in [-0.15, -0.1) is 0 Å². The number of nitrogens with two attached hydrogens (primary N) is 5. The molecule has 0 aromatic heterocycles. The molecule has 14 N–H and O–H groups in total. The Morgan fingerprint density at radius 2 is 1.36 bits per heavy atom. The van der Waals surface area contributed by atoms with E-state index in [0.717, 1.165) is 0 Å². The van der Waals surface area contributed by atoms with Crippen LogP contribution in [0.1, 0.15) is 46.0 Å². The highest BCUT2D eigenvalue weighted by Gasteiger charge is 2.32. The largest absolute Gasteiger partial charge is 0.480 e. The molecule has 16 nitrogen and oxygen atoms in total. The van der Waals surface area contributed by atoms with Gasteiger partial charge in [0.05, 0.1) is 12.5 Å². The lowest BCUT2D eigenvalue weighted by Gasteiger charge is -2.25. The molecule has 0 aliphatic heterocycles. The summed E-state index contributed by atoms with van der Waals surface area (Å²) in [6.45, 7) is 3.35. The number of aliphatic imine (C=N–C) groups is 1. The molecule has 0 heterocycles. The summed E-state index contributed by atoms with van der Waals surface area (Å²) in [6.07, 6.45) is -0.686. The molecule has 0 saturated carbocycles. The maximum atomic E-state index is 12.9. The van der Waals surface area contributed by atoms with Crippen molar-refractivity contribution >= 4 is 41.5 Å². The molecule has 0 radical (unpaired) electrons. The van der Waals surface area contributed by atoms with Crippen LogP contribution >= 0.6 is 0 Å². The number of aliphatic carboxylic acids is 1. The van der Waals surface area contributed by atoms with Crippen molar-refractivity contribution in [2.24, 2.45) is 39.6 Å². The Hall–Kier alpha value is -3.95. The first kappa shape index (κ1) is 32.0. The van der Waals surface area contributed by atoms with Gasteiger partial charge in [-0.2, -0.15) is 0 Å². The van der Waals surface area contributed by atoms with Crippen LogP contribution in [0.2, 0.25) is 0 Å². The van der Waals surface area contributed by atoms with Gasteiger partial charge in [0.1, 0.15) is 18.1 Å². The molecule has 4 atom stereocenters.